The standard InChI is InChI=1S/C10H12BrN3/c1-6(12)10-13-8-5-7(11)3-4-9(8)14(10)2/h3-6H,12H2,1-2H3/t6-/m0/s1. The molecule has 0 saturated carbocycles. The van der Waals surface area contributed by atoms with E-state index in [9.17, 15) is 0 Å². The lowest BCUT2D eigenvalue weighted by Crippen LogP contribution is -2.11. The summed E-state index contributed by atoms with van der Waals surface area (Å²) in [5, 5.41) is 0. The average molecular weight is 254 g/mol. The molecule has 2 aromatic rings. The summed E-state index contributed by atoms with van der Waals surface area (Å²) < 4.78 is 3.08. The fourth-order valence-corrected chi connectivity index (χ4v) is 1.95. The number of nitrogens with two attached hydrogens (primary N) is 1. The fourth-order valence-electron chi connectivity index (χ4n) is 1.60. The summed E-state index contributed by atoms with van der Waals surface area (Å²) in [7, 11) is 1.99. The Bertz CT molecular complexity index is 473. The Balaban J connectivity index is 2.73. The number of benzene rings is 1. The molecule has 0 amide bonds. The van der Waals surface area contributed by atoms with Crippen molar-refractivity contribution >= 4 is 27.0 Å². The van der Waals surface area contributed by atoms with Crippen LogP contribution < -0.4 is 5.73 Å². The minimum atomic E-state index is -0.0359. The molecule has 2 N–H and O–H groups in total. The lowest BCUT2D eigenvalue weighted by molar-refractivity contribution is 0.696. The van der Waals surface area contributed by atoms with Crippen LogP contribution in [0.5, 0.6) is 0 Å². The first kappa shape index (κ1) is 9.68. The quantitative estimate of drug-likeness (QED) is 0.848. The Morgan fingerprint density at radius 1 is 1.50 bits per heavy atom. The second-order valence-electron chi connectivity index (χ2n) is 3.45. The third kappa shape index (κ3) is 1.44. The minimum Gasteiger partial charge on any atom is -0.330 e. The predicted molar refractivity (Wildman–Crippen MR) is 61.0 cm³/mol. The Morgan fingerprint density at radius 3 is 2.86 bits per heavy atom. The van der Waals surface area contributed by atoms with Gasteiger partial charge in [0.2, 0.25) is 0 Å². The molecule has 74 valence electrons. The van der Waals surface area contributed by atoms with Gasteiger partial charge in [0.25, 0.3) is 0 Å². The van der Waals surface area contributed by atoms with Crippen molar-refractivity contribution in [2.75, 3.05) is 0 Å². The number of nitrogens with zero attached hydrogens (tertiary/aromatic N) is 2. The summed E-state index contributed by atoms with van der Waals surface area (Å²) in [5.41, 5.74) is 7.91. The van der Waals surface area contributed by atoms with Gasteiger partial charge in [-0.1, -0.05) is 15.9 Å². The monoisotopic (exact) mass is 253 g/mol. The lowest BCUT2D eigenvalue weighted by atomic mass is 10.3. The normalized spacial score (nSPS) is 13.4. The maximum atomic E-state index is 5.82. The molecule has 1 aromatic heterocycles. The van der Waals surface area contributed by atoms with Crippen molar-refractivity contribution in [2.24, 2.45) is 12.8 Å². The van der Waals surface area contributed by atoms with Crippen LogP contribution in [0.3, 0.4) is 0 Å². The largest absolute Gasteiger partial charge is 0.330 e. The lowest BCUT2D eigenvalue weighted by Gasteiger charge is -2.04. The molecule has 4 heteroatoms. The van der Waals surface area contributed by atoms with E-state index in [1.807, 2.05) is 36.7 Å². The van der Waals surface area contributed by atoms with Gasteiger partial charge in [0.15, 0.2) is 0 Å². The van der Waals surface area contributed by atoms with Gasteiger partial charge in [-0.25, -0.2) is 4.98 Å². The average Bonchev–Trinajstić information content (AvgIpc) is 2.43. The SMILES string of the molecule is C[C@H](N)c1nc2cc(Br)ccc2n1C. The molecule has 1 atom stereocenters. The summed E-state index contributed by atoms with van der Waals surface area (Å²) in [6.07, 6.45) is 0. The molecule has 14 heavy (non-hydrogen) atoms. The number of imidazole rings is 1. The molecule has 3 nitrogen and oxygen atoms in total. The summed E-state index contributed by atoms with van der Waals surface area (Å²) in [4.78, 5) is 4.48. The zero-order valence-electron chi connectivity index (χ0n) is 8.16. The van der Waals surface area contributed by atoms with E-state index in [0.717, 1.165) is 21.3 Å². The van der Waals surface area contributed by atoms with E-state index in [1.54, 1.807) is 0 Å². The highest BCUT2D eigenvalue weighted by molar-refractivity contribution is 9.10. The van der Waals surface area contributed by atoms with E-state index < -0.39 is 0 Å². The molecule has 0 bridgehead atoms. The van der Waals surface area contributed by atoms with E-state index in [2.05, 4.69) is 20.9 Å². The number of halogens is 1. The van der Waals surface area contributed by atoms with Crippen LogP contribution in [0.2, 0.25) is 0 Å². The molecular weight excluding hydrogens is 242 g/mol. The van der Waals surface area contributed by atoms with Crippen LogP contribution >= 0.6 is 15.9 Å². The molecule has 0 aliphatic heterocycles. The summed E-state index contributed by atoms with van der Waals surface area (Å²) in [5.74, 6) is 0.915. The molecule has 0 aliphatic carbocycles. The van der Waals surface area contributed by atoms with Crippen molar-refractivity contribution in [1.29, 1.82) is 0 Å². The van der Waals surface area contributed by atoms with E-state index in [-0.39, 0.29) is 6.04 Å². The molecule has 1 heterocycles. The van der Waals surface area contributed by atoms with E-state index in [0.29, 0.717) is 0 Å². The van der Waals surface area contributed by atoms with Crippen LogP contribution in [0.25, 0.3) is 11.0 Å². The number of aryl methyl sites for hydroxylation is 1. The summed E-state index contributed by atoms with van der Waals surface area (Å²) in [6, 6.07) is 6.01. The van der Waals surface area contributed by atoms with Crippen molar-refractivity contribution in [3.8, 4) is 0 Å². The number of hydrogen-bond acceptors (Lipinski definition) is 2. The van der Waals surface area contributed by atoms with Gasteiger partial charge in [0.05, 0.1) is 17.1 Å². The summed E-state index contributed by atoms with van der Waals surface area (Å²) >= 11 is 3.42. The maximum Gasteiger partial charge on any atom is 0.126 e. The van der Waals surface area contributed by atoms with Gasteiger partial charge in [-0.15, -0.1) is 0 Å². The molecule has 1 aromatic carbocycles. The molecule has 0 spiro atoms. The van der Waals surface area contributed by atoms with Crippen LogP contribution in [0, 0.1) is 0 Å². The number of aromatic nitrogens is 2. The Labute approximate surface area is 91.1 Å². The van der Waals surface area contributed by atoms with Gasteiger partial charge in [-0.2, -0.15) is 0 Å². The number of hydrogen-bond donors (Lipinski definition) is 1. The van der Waals surface area contributed by atoms with Crippen molar-refractivity contribution in [3.63, 3.8) is 0 Å². The number of fused-ring (bicyclic) bond motifs is 1. The summed E-state index contributed by atoms with van der Waals surface area (Å²) in [6.45, 7) is 1.94. The molecular formula is C10H12BrN3. The van der Waals surface area contributed by atoms with E-state index in [1.165, 1.54) is 0 Å². The third-order valence-electron chi connectivity index (χ3n) is 2.28. The predicted octanol–water partition coefficient (Wildman–Crippen LogP) is 2.36. The van der Waals surface area contributed by atoms with Crippen LogP contribution in [-0.4, -0.2) is 9.55 Å². The van der Waals surface area contributed by atoms with Crippen LogP contribution in [0.1, 0.15) is 18.8 Å². The van der Waals surface area contributed by atoms with Crippen molar-refractivity contribution in [1.82, 2.24) is 9.55 Å². The van der Waals surface area contributed by atoms with Gasteiger partial charge < -0.3 is 10.3 Å². The van der Waals surface area contributed by atoms with Crippen LogP contribution in [-0.2, 0) is 7.05 Å². The van der Waals surface area contributed by atoms with Gasteiger partial charge >= 0.3 is 0 Å². The first-order valence-corrected chi connectivity index (χ1v) is 5.26. The highest BCUT2D eigenvalue weighted by Gasteiger charge is 2.10. The molecule has 0 fully saturated rings. The zero-order chi connectivity index (χ0) is 10.3. The van der Waals surface area contributed by atoms with Crippen molar-refractivity contribution in [2.45, 2.75) is 13.0 Å². The minimum absolute atomic E-state index is 0.0359. The fraction of sp³-hybridized carbons (Fsp3) is 0.300. The molecule has 0 saturated heterocycles. The highest BCUT2D eigenvalue weighted by atomic mass is 79.9. The van der Waals surface area contributed by atoms with Gasteiger partial charge in [-0.3, -0.25) is 0 Å². The third-order valence-corrected chi connectivity index (χ3v) is 2.78. The van der Waals surface area contributed by atoms with E-state index in [4.69, 9.17) is 5.73 Å². The van der Waals surface area contributed by atoms with E-state index >= 15 is 0 Å². The van der Waals surface area contributed by atoms with Crippen LogP contribution in [0.4, 0.5) is 0 Å². The maximum absolute atomic E-state index is 5.82. The molecule has 0 radical (unpaired) electrons. The Morgan fingerprint density at radius 2 is 2.21 bits per heavy atom. The first-order chi connectivity index (χ1) is 6.59. The smallest absolute Gasteiger partial charge is 0.126 e. The Hall–Kier alpha value is -0.870. The topological polar surface area (TPSA) is 43.8 Å². The molecule has 0 unspecified atom stereocenters. The second-order valence-corrected chi connectivity index (χ2v) is 4.37. The van der Waals surface area contributed by atoms with Crippen LogP contribution in [0.15, 0.2) is 22.7 Å². The number of rotatable bonds is 1. The van der Waals surface area contributed by atoms with Crippen molar-refractivity contribution in [3.05, 3.63) is 28.5 Å². The second kappa shape index (κ2) is 3.37. The van der Waals surface area contributed by atoms with Gasteiger partial charge in [0.1, 0.15) is 5.82 Å². The molecule has 0 aliphatic rings. The Kier molecular flexibility index (Phi) is 2.33. The first-order valence-electron chi connectivity index (χ1n) is 4.47. The highest BCUT2D eigenvalue weighted by Crippen LogP contribution is 2.21. The van der Waals surface area contributed by atoms with Crippen molar-refractivity contribution < 1.29 is 0 Å². The molecule has 2 rings (SSSR count). The van der Waals surface area contributed by atoms with Gasteiger partial charge in [0, 0.05) is 11.5 Å². The zero-order valence-corrected chi connectivity index (χ0v) is 9.75. The van der Waals surface area contributed by atoms with Gasteiger partial charge in [-0.05, 0) is 25.1 Å².